The Bertz CT molecular complexity index is 1080. The summed E-state index contributed by atoms with van der Waals surface area (Å²) in [6, 6.07) is 5.29. The maximum absolute atomic E-state index is 6.54. The predicted molar refractivity (Wildman–Crippen MR) is 110 cm³/mol. The molecule has 0 aliphatic carbocycles. The summed E-state index contributed by atoms with van der Waals surface area (Å²) in [6.07, 6.45) is 5.53. The van der Waals surface area contributed by atoms with Gasteiger partial charge >= 0.3 is 0 Å². The van der Waals surface area contributed by atoms with E-state index in [1.165, 1.54) is 23.1 Å². The maximum Gasteiger partial charge on any atom is 0.189 e. The lowest BCUT2D eigenvalue weighted by Crippen LogP contribution is -2.09. The van der Waals surface area contributed by atoms with Gasteiger partial charge in [0.2, 0.25) is 0 Å². The van der Waals surface area contributed by atoms with Crippen molar-refractivity contribution in [3.63, 3.8) is 0 Å². The molecule has 3 aromatic heterocycles. The molecule has 0 fully saturated rings. The van der Waals surface area contributed by atoms with Crippen molar-refractivity contribution in [2.75, 3.05) is 12.9 Å². The topological polar surface area (TPSA) is 65.7 Å². The molecule has 4 aromatic rings. The maximum atomic E-state index is 6.54. The van der Waals surface area contributed by atoms with Crippen molar-refractivity contribution < 1.29 is 4.74 Å². The first-order valence-electron chi connectivity index (χ1n) is 7.90. The Kier molecular flexibility index (Phi) is 5.49. The number of rotatable bonds is 6. The molecule has 0 N–H and O–H groups in total. The van der Waals surface area contributed by atoms with Gasteiger partial charge in [0.15, 0.2) is 5.16 Å². The highest BCUT2D eigenvalue weighted by Crippen LogP contribution is 2.41. The summed E-state index contributed by atoms with van der Waals surface area (Å²) in [6.45, 7) is 1.01. The summed E-state index contributed by atoms with van der Waals surface area (Å²) in [4.78, 5) is 14.4. The molecule has 10 heteroatoms. The first-order chi connectivity index (χ1) is 13.2. The van der Waals surface area contributed by atoms with E-state index in [2.05, 4.69) is 20.1 Å². The highest BCUT2D eigenvalue weighted by Gasteiger charge is 2.20. The van der Waals surface area contributed by atoms with E-state index in [0.717, 1.165) is 4.83 Å². The fourth-order valence-electron chi connectivity index (χ4n) is 2.58. The van der Waals surface area contributed by atoms with Crippen molar-refractivity contribution in [1.82, 2.24) is 24.7 Å². The van der Waals surface area contributed by atoms with Crippen LogP contribution in [0.2, 0.25) is 10.0 Å². The normalized spacial score (nSPS) is 11.2. The van der Waals surface area contributed by atoms with Gasteiger partial charge in [-0.15, -0.1) is 11.3 Å². The summed E-state index contributed by atoms with van der Waals surface area (Å²) in [5.41, 5.74) is 3.74. The zero-order valence-electron chi connectivity index (χ0n) is 14.1. The molecule has 4 rings (SSSR count). The Morgan fingerprint density at radius 3 is 2.93 bits per heavy atom. The van der Waals surface area contributed by atoms with E-state index in [-0.39, 0.29) is 0 Å². The molecule has 0 spiro atoms. The second-order valence-electron chi connectivity index (χ2n) is 5.44. The Morgan fingerprint density at radius 2 is 2.15 bits per heavy atom. The van der Waals surface area contributed by atoms with Gasteiger partial charge in [0, 0.05) is 17.4 Å². The fraction of sp³-hybridized carbons (Fsp3) is 0.176. The molecule has 0 aliphatic rings. The van der Waals surface area contributed by atoms with Crippen molar-refractivity contribution in [2.45, 2.75) is 11.7 Å². The van der Waals surface area contributed by atoms with Crippen LogP contribution in [0.15, 0.2) is 41.3 Å². The van der Waals surface area contributed by atoms with Crippen molar-refractivity contribution >= 4 is 56.6 Å². The number of aromatic nitrogens is 5. The molecular weight excluding hydrogens is 425 g/mol. The van der Waals surface area contributed by atoms with Crippen molar-refractivity contribution in [3.05, 3.63) is 46.1 Å². The molecule has 0 aliphatic heterocycles. The van der Waals surface area contributed by atoms with Gasteiger partial charge in [0.1, 0.15) is 28.4 Å². The van der Waals surface area contributed by atoms with Gasteiger partial charge in [-0.2, -0.15) is 5.10 Å². The van der Waals surface area contributed by atoms with Gasteiger partial charge in [0.05, 0.1) is 22.6 Å². The average molecular weight is 438 g/mol. The van der Waals surface area contributed by atoms with Crippen LogP contribution in [0.3, 0.4) is 0 Å². The molecule has 0 saturated carbocycles. The Labute approximate surface area is 173 Å². The number of halogens is 2. The molecule has 0 amide bonds. The van der Waals surface area contributed by atoms with E-state index >= 15 is 0 Å². The molecule has 3 heterocycles. The van der Waals surface area contributed by atoms with Crippen LogP contribution < -0.4 is 4.74 Å². The van der Waals surface area contributed by atoms with E-state index in [0.29, 0.717) is 50.9 Å². The van der Waals surface area contributed by atoms with E-state index in [1.54, 1.807) is 28.5 Å². The quantitative estimate of drug-likeness (QED) is 0.310. The number of thiazole rings is 1. The summed E-state index contributed by atoms with van der Waals surface area (Å²) < 4.78 is 7.80. The van der Waals surface area contributed by atoms with Crippen LogP contribution in [0.5, 0.6) is 5.75 Å². The third-order valence-electron chi connectivity index (χ3n) is 3.75. The van der Waals surface area contributed by atoms with Gasteiger partial charge in [0.25, 0.3) is 0 Å². The molecule has 0 radical (unpaired) electrons. The van der Waals surface area contributed by atoms with Crippen LogP contribution in [0.1, 0.15) is 0 Å². The minimum absolute atomic E-state index is 0.409. The van der Waals surface area contributed by atoms with E-state index in [1.807, 2.05) is 18.5 Å². The molecule has 0 unspecified atom stereocenters. The number of hydrogen-bond acceptors (Lipinski definition) is 7. The van der Waals surface area contributed by atoms with E-state index in [4.69, 9.17) is 27.9 Å². The van der Waals surface area contributed by atoms with Gasteiger partial charge in [-0.3, -0.25) is 4.68 Å². The van der Waals surface area contributed by atoms with Crippen LogP contribution in [-0.2, 0) is 6.54 Å². The van der Waals surface area contributed by atoms with Crippen LogP contribution in [0.4, 0.5) is 0 Å². The number of thioether (sulfide) groups is 1. The van der Waals surface area contributed by atoms with Crippen LogP contribution in [-0.4, -0.2) is 37.6 Å². The second kappa shape index (κ2) is 8.02. The third-order valence-corrected chi connectivity index (χ3v) is 5.54. The SMILES string of the molecule is CSc1nc(-c2c(Cl)cc(Cl)cc2OCCn2cccn2)c2ncsc2n1. The first kappa shape index (κ1) is 18.5. The summed E-state index contributed by atoms with van der Waals surface area (Å²) in [5, 5.41) is 5.77. The zero-order valence-corrected chi connectivity index (χ0v) is 17.2. The Morgan fingerprint density at radius 1 is 1.26 bits per heavy atom. The largest absolute Gasteiger partial charge is 0.491 e. The summed E-state index contributed by atoms with van der Waals surface area (Å²) >= 11 is 15.7. The molecule has 6 nitrogen and oxygen atoms in total. The molecule has 138 valence electrons. The van der Waals surface area contributed by atoms with Gasteiger partial charge < -0.3 is 4.74 Å². The standard InChI is InChI=1S/C17H13Cl2N5OS2/c1-26-17-22-14(15-16(23-17)27-9-20-15)13-11(19)7-10(18)8-12(13)25-6-5-24-4-2-3-21-24/h2-4,7-9H,5-6H2,1H3. The summed E-state index contributed by atoms with van der Waals surface area (Å²) in [5.74, 6) is 0.555. The van der Waals surface area contributed by atoms with Crippen molar-refractivity contribution in [3.8, 4) is 17.0 Å². The van der Waals surface area contributed by atoms with Gasteiger partial charge in [-0.1, -0.05) is 35.0 Å². The number of benzene rings is 1. The molecule has 1 aromatic carbocycles. The number of fused-ring (bicyclic) bond motifs is 1. The van der Waals surface area contributed by atoms with E-state index in [9.17, 15) is 0 Å². The first-order valence-corrected chi connectivity index (χ1v) is 10.8. The lowest BCUT2D eigenvalue weighted by Gasteiger charge is -2.14. The predicted octanol–water partition coefficient (Wildman–Crippen LogP) is 5.06. The minimum Gasteiger partial charge on any atom is -0.491 e. The van der Waals surface area contributed by atoms with Crippen LogP contribution >= 0.6 is 46.3 Å². The summed E-state index contributed by atoms with van der Waals surface area (Å²) in [7, 11) is 0. The number of hydrogen-bond donors (Lipinski definition) is 0. The van der Waals surface area contributed by atoms with E-state index < -0.39 is 0 Å². The Balaban J connectivity index is 1.77. The molecule has 0 saturated heterocycles. The second-order valence-corrected chi connectivity index (χ2v) is 7.89. The lowest BCUT2D eigenvalue weighted by atomic mass is 10.1. The van der Waals surface area contributed by atoms with Gasteiger partial charge in [-0.25, -0.2) is 15.0 Å². The lowest BCUT2D eigenvalue weighted by molar-refractivity contribution is 0.292. The smallest absolute Gasteiger partial charge is 0.189 e. The molecule has 27 heavy (non-hydrogen) atoms. The minimum atomic E-state index is 0.409. The molecular formula is C17H13Cl2N5OS2. The zero-order chi connectivity index (χ0) is 18.8. The number of nitrogens with zero attached hydrogens (tertiary/aromatic N) is 5. The molecule has 0 bridgehead atoms. The highest BCUT2D eigenvalue weighted by molar-refractivity contribution is 7.98. The third kappa shape index (κ3) is 3.89. The fourth-order valence-corrected chi connectivity index (χ4v) is 4.23. The average Bonchev–Trinajstić information content (AvgIpc) is 3.32. The van der Waals surface area contributed by atoms with Crippen molar-refractivity contribution in [2.24, 2.45) is 0 Å². The molecule has 0 atom stereocenters. The monoisotopic (exact) mass is 437 g/mol. The Hall–Kier alpha value is -1.87. The van der Waals surface area contributed by atoms with Gasteiger partial charge in [-0.05, 0) is 24.5 Å². The van der Waals surface area contributed by atoms with Crippen molar-refractivity contribution in [1.29, 1.82) is 0 Å². The van der Waals surface area contributed by atoms with Crippen LogP contribution in [0.25, 0.3) is 21.6 Å². The highest BCUT2D eigenvalue weighted by atomic mass is 35.5. The number of ether oxygens (including phenoxy) is 1. The van der Waals surface area contributed by atoms with Crippen LogP contribution in [0, 0.1) is 0 Å².